The second-order valence-electron chi connectivity index (χ2n) is 4.77. The van der Waals surface area contributed by atoms with E-state index < -0.39 is 12.0 Å². The van der Waals surface area contributed by atoms with Crippen molar-refractivity contribution in [3.63, 3.8) is 0 Å². The number of nitrogens with zero attached hydrogens (tertiary/aromatic N) is 2. The van der Waals surface area contributed by atoms with Crippen LogP contribution in [0.4, 0.5) is 0 Å². The van der Waals surface area contributed by atoms with Crippen LogP contribution in [-0.2, 0) is 4.79 Å². The molecule has 1 fully saturated rings. The molecule has 5 heteroatoms. The predicted molar refractivity (Wildman–Crippen MR) is 63.4 cm³/mol. The van der Waals surface area contributed by atoms with E-state index in [2.05, 4.69) is 23.9 Å². The number of carbonyl (C=O) groups is 1. The molecular weight excluding hydrogens is 206 g/mol. The number of rotatable bonds is 5. The van der Waals surface area contributed by atoms with E-state index in [-0.39, 0.29) is 0 Å². The SMILES string of the molecule is CN1CCCC(N(C)CCC(N)C(=O)O)C1. The van der Waals surface area contributed by atoms with Gasteiger partial charge < -0.3 is 20.6 Å². The smallest absolute Gasteiger partial charge is 0.320 e. The Morgan fingerprint density at radius 3 is 2.94 bits per heavy atom. The first-order chi connectivity index (χ1) is 7.50. The van der Waals surface area contributed by atoms with Crippen molar-refractivity contribution in [3.05, 3.63) is 0 Å². The number of piperidine rings is 1. The molecule has 0 aromatic heterocycles. The first-order valence-electron chi connectivity index (χ1n) is 5.88. The third-order valence-electron chi connectivity index (χ3n) is 3.33. The fourth-order valence-corrected chi connectivity index (χ4v) is 2.15. The minimum absolute atomic E-state index is 0.520. The van der Waals surface area contributed by atoms with Crippen molar-refractivity contribution in [2.45, 2.75) is 31.3 Å². The zero-order valence-corrected chi connectivity index (χ0v) is 10.2. The Morgan fingerprint density at radius 2 is 2.38 bits per heavy atom. The lowest BCUT2D eigenvalue weighted by Crippen LogP contribution is -2.46. The minimum atomic E-state index is -0.908. The van der Waals surface area contributed by atoms with Crippen molar-refractivity contribution in [3.8, 4) is 0 Å². The molecule has 1 heterocycles. The maximum atomic E-state index is 10.6. The van der Waals surface area contributed by atoms with Crippen LogP contribution in [0.2, 0.25) is 0 Å². The minimum Gasteiger partial charge on any atom is -0.480 e. The Bertz CT molecular complexity index is 235. The summed E-state index contributed by atoms with van der Waals surface area (Å²) in [5.41, 5.74) is 5.48. The van der Waals surface area contributed by atoms with Crippen LogP contribution in [0, 0.1) is 0 Å². The largest absolute Gasteiger partial charge is 0.480 e. The Morgan fingerprint density at radius 1 is 1.69 bits per heavy atom. The normalized spacial score (nSPS) is 24.6. The van der Waals surface area contributed by atoms with Gasteiger partial charge in [0.1, 0.15) is 6.04 Å². The summed E-state index contributed by atoms with van der Waals surface area (Å²) in [7, 11) is 4.18. The lowest BCUT2D eigenvalue weighted by molar-refractivity contribution is -0.138. The molecule has 1 aliphatic rings. The van der Waals surface area contributed by atoms with Crippen molar-refractivity contribution in [1.82, 2.24) is 9.80 Å². The molecule has 94 valence electrons. The van der Waals surface area contributed by atoms with Gasteiger partial charge in [0.05, 0.1) is 0 Å². The molecule has 5 nitrogen and oxygen atoms in total. The summed E-state index contributed by atoms with van der Waals surface area (Å²) in [4.78, 5) is 15.1. The molecule has 0 aromatic rings. The molecule has 0 aliphatic carbocycles. The van der Waals surface area contributed by atoms with Crippen LogP contribution < -0.4 is 5.73 Å². The van der Waals surface area contributed by atoms with Crippen molar-refractivity contribution in [2.24, 2.45) is 5.73 Å². The molecule has 0 saturated carbocycles. The molecule has 3 N–H and O–H groups in total. The molecule has 2 atom stereocenters. The van der Waals surface area contributed by atoms with Gasteiger partial charge in [0.25, 0.3) is 0 Å². The van der Waals surface area contributed by atoms with E-state index in [0.29, 0.717) is 12.5 Å². The van der Waals surface area contributed by atoms with Gasteiger partial charge in [-0.25, -0.2) is 0 Å². The molecule has 1 aliphatic heterocycles. The Kier molecular flexibility index (Phi) is 5.18. The molecule has 0 aromatic carbocycles. The highest BCUT2D eigenvalue weighted by atomic mass is 16.4. The van der Waals surface area contributed by atoms with Gasteiger partial charge in [0, 0.05) is 19.1 Å². The quantitative estimate of drug-likeness (QED) is 0.684. The van der Waals surface area contributed by atoms with Crippen LogP contribution in [-0.4, -0.2) is 66.7 Å². The number of carboxylic acids is 1. The van der Waals surface area contributed by atoms with E-state index in [1.165, 1.54) is 19.4 Å². The van der Waals surface area contributed by atoms with Crippen molar-refractivity contribution in [2.75, 3.05) is 33.7 Å². The summed E-state index contributed by atoms with van der Waals surface area (Å²) in [5, 5.41) is 8.70. The number of hydrogen-bond donors (Lipinski definition) is 2. The molecule has 16 heavy (non-hydrogen) atoms. The lowest BCUT2D eigenvalue weighted by Gasteiger charge is -2.36. The average molecular weight is 229 g/mol. The Balaban J connectivity index is 2.28. The molecule has 1 rings (SSSR count). The summed E-state index contributed by atoms with van der Waals surface area (Å²) in [6.07, 6.45) is 2.94. The maximum Gasteiger partial charge on any atom is 0.320 e. The van der Waals surface area contributed by atoms with Gasteiger partial charge in [-0.1, -0.05) is 0 Å². The predicted octanol–water partition coefficient (Wildman–Crippen LogP) is -0.186. The van der Waals surface area contributed by atoms with Gasteiger partial charge >= 0.3 is 5.97 Å². The third-order valence-corrected chi connectivity index (χ3v) is 3.33. The summed E-state index contributed by atoms with van der Waals surface area (Å²) in [5.74, 6) is -0.908. The number of nitrogens with two attached hydrogens (primary N) is 1. The van der Waals surface area contributed by atoms with Gasteiger partial charge in [-0.2, -0.15) is 0 Å². The Labute approximate surface area is 97.2 Å². The van der Waals surface area contributed by atoms with Crippen LogP contribution >= 0.6 is 0 Å². The number of carboxylic acid groups (broad SMARTS) is 1. The van der Waals surface area contributed by atoms with Gasteiger partial charge in [-0.3, -0.25) is 4.79 Å². The molecule has 2 unspecified atom stereocenters. The van der Waals surface area contributed by atoms with E-state index in [0.717, 1.165) is 13.1 Å². The summed E-state index contributed by atoms with van der Waals surface area (Å²) in [6.45, 7) is 2.99. The van der Waals surface area contributed by atoms with E-state index in [1.54, 1.807) is 0 Å². The number of aliphatic carboxylic acids is 1. The average Bonchev–Trinajstić information content (AvgIpc) is 2.25. The van der Waals surface area contributed by atoms with Crippen molar-refractivity contribution < 1.29 is 9.90 Å². The summed E-state index contributed by atoms with van der Waals surface area (Å²) >= 11 is 0. The van der Waals surface area contributed by atoms with Gasteiger partial charge in [0.2, 0.25) is 0 Å². The molecular formula is C11H23N3O2. The van der Waals surface area contributed by atoms with Crippen LogP contribution in [0.15, 0.2) is 0 Å². The highest BCUT2D eigenvalue weighted by molar-refractivity contribution is 5.72. The van der Waals surface area contributed by atoms with Crippen LogP contribution in [0.5, 0.6) is 0 Å². The highest BCUT2D eigenvalue weighted by Crippen LogP contribution is 2.13. The van der Waals surface area contributed by atoms with Gasteiger partial charge in [0.15, 0.2) is 0 Å². The summed E-state index contributed by atoms with van der Waals surface area (Å²) < 4.78 is 0. The molecule has 0 amide bonds. The first kappa shape index (κ1) is 13.4. The molecule has 0 bridgehead atoms. The second kappa shape index (κ2) is 6.18. The molecule has 1 saturated heterocycles. The second-order valence-corrected chi connectivity index (χ2v) is 4.77. The number of likely N-dealkylation sites (N-methyl/N-ethyl adjacent to an activating group) is 2. The monoisotopic (exact) mass is 229 g/mol. The van der Waals surface area contributed by atoms with E-state index >= 15 is 0 Å². The maximum absolute atomic E-state index is 10.6. The van der Waals surface area contributed by atoms with E-state index in [4.69, 9.17) is 10.8 Å². The lowest BCUT2D eigenvalue weighted by atomic mass is 10.0. The zero-order chi connectivity index (χ0) is 12.1. The Hall–Kier alpha value is -0.650. The topological polar surface area (TPSA) is 69.8 Å². The molecule has 0 radical (unpaired) electrons. The van der Waals surface area contributed by atoms with Crippen LogP contribution in [0.3, 0.4) is 0 Å². The van der Waals surface area contributed by atoms with Crippen LogP contribution in [0.1, 0.15) is 19.3 Å². The molecule has 0 spiro atoms. The first-order valence-corrected chi connectivity index (χ1v) is 5.88. The fourth-order valence-electron chi connectivity index (χ4n) is 2.15. The van der Waals surface area contributed by atoms with E-state index in [9.17, 15) is 4.79 Å². The van der Waals surface area contributed by atoms with Crippen molar-refractivity contribution in [1.29, 1.82) is 0 Å². The number of likely N-dealkylation sites (tertiary alicyclic amines) is 1. The zero-order valence-electron chi connectivity index (χ0n) is 10.2. The standard InChI is InChI=1S/C11H23N3O2/c1-13-6-3-4-9(8-13)14(2)7-5-10(12)11(15)16/h9-10H,3-8,12H2,1-2H3,(H,15,16). The van der Waals surface area contributed by atoms with Gasteiger partial charge in [-0.05, 0) is 39.9 Å². The summed E-state index contributed by atoms with van der Waals surface area (Å²) in [6, 6.07) is -0.191. The van der Waals surface area contributed by atoms with Crippen LogP contribution in [0.25, 0.3) is 0 Å². The highest BCUT2D eigenvalue weighted by Gasteiger charge is 2.22. The van der Waals surface area contributed by atoms with E-state index in [1.807, 2.05) is 0 Å². The fraction of sp³-hybridized carbons (Fsp3) is 0.909. The van der Waals surface area contributed by atoms with Crippen molar-refractivity contribution >= 4 is 5.97 Å². The van der Waals surface area contributed by atoms with Gasteiger partial charge in [-0.15, -0.1) is 0 Å². The third kappa shape index (κ3) is 4.08. The number of hydrogen-bond acceptors (Lipinski definition) is 4.